The standard InChI is InChI=1S/C15H30N2O/c1-17(13-9-5-8-12-16)15(18)14-10-6-3-2-4-7-11-14/h14H,2-13,16H2,1H3. The van der Waals surface area contributed by atoms with Gasteiger partial charge in [-0.25, -0.2) is 0 Å². The molecule has 3 heteroatoms. The minimum absolute atomic E-state index is 0.296. The van der Waals surface area contributed by atoms with Gasteiger partial charge in [0.15, 0.2) is 0 Å². The summed E-state index contributed by atoms with van der Waals surface area (Å²) in [4.78, 5) is 14.3. The van der Waals surface area contributed by atoms with Crippen LogP contribution in [0.3, 0.4) is 0 Å². The molecule has 0 saturated heterocycles. The van der Waals surface area contributed by atoms with Gasteiger partial charge >= 0.3 is 0 Å². The quantitative estimate of drug-likeness (QED) is 0.741. The zero-order valence-electron chi connectivity index (χ0n) is 12.0. The molecule has 1 fully saturated rings. The number of amides is 1. The van der Waals surface area contributed by atoms with Crippen molar-refractivity contribution in [2.24, 2.45) is 11.7 Å². The molecule has 0 unspecified atom stereocenters. The van der Waals surface area contributed by atoms with Crippen LogP contribution in [0.2, 0.25) is 0 Å². The Morgan fingerprint density at radius 2 is 1.67 bits per heavy atom. The number of hydrogen-bond acceptors (Lipinski definition) is 2. The van der Waals surface area contributed by atoms with Crippen LogP contribution in [0.5, 0.6) is 0 Å². The smallest absolute Gasteiger partial charge is 0.225 e. The summed E-state index contributed by atoms with van der Waals surface area (Å²) < 4.78 is 0. The Labute approximate surface area is 112 Å². The predicted molar refractivity (Wildman–Crippen MR) is 76.4 cm³/mol. The molecule has 18 heavy (non-hydrogen) atoms. The Hall–Kier alpha value is -0.570. The van der Waals surface area contributed by atoms with Gasteiger partial charge in [-0.15, -0.1) is 0 Å². The van der Waals surface area contributed by atoms with Gasteiger partial charge in [-0.3, -0.25) is 4.79 Å². The van der Waals surface area contributed by atoms with E-state index in [-0.39, 0.29) is 0 Å². The minimum atomic E-state index is 0.296. The number of carbonyl (C=O) groups is 1. The molecular formula is C15H30N2O. The van der Waals surface area contributed by atoms with E-state index in [0.717, 1.165) is 45.2 Å². The first kappa shape index (κ1) is 15.5. The summed E-state index contributed by atoms with van der Waals surface area (Å²) in [6.45, 7) is 1.66. The number of rotatable bonds is 6. The molecule has 0 aromatic rings. The van der Waals surface area contributed by atoms with E-state index < -0.39 is 0 Å². The molecule has 0 radical (unpaired) electrons. The second-order valence-electron chi connectivity index (χ2n) is 5.65. The van der Waals surface area contributed by atoms with E-state index in [1.807, 2.05) is 11.9 Å². The van der Waals surface area contributed by atoms with Crippen LogP contribution in [0.25, 0.3) is 0 Å². The van der Waals surface area contributed by atoms with E-state index in [1.54, 1.807) is 0 Å². The Bertz CT molecular complexity index is 223. The SMILES string of the molecule is CN(CCCCCN)C(=O)C1CCCCCCC1. The van der Waals surface area contributed by atoms with Crippen LogP contribution in [0.1, 0.15) is 64.2 Å². The molecule has 1 aliphatic carbocycles. The summed E-state index contributed by atoms with van der Waals surface area (Å²) in [5.41, 5.74) is 5.47. The molecule has 0 atom stereocenters. The molecule has 0 aromatic heterocycles. The maximum atomic E-state index is 12.3. The zero-order valence-corrected chi connectivity index (χ0v) is 12.0. The van der Waals surface area contributed by atoms with Crippen LogP contribution in [0.4, 0.5) is 0 Å². The number of hydrogen-bond donors (Lipinski definition) is 1. The Balaban J connectivity index is 2.26. The van der Waals surface area contributed by atoms with E-state index >= 15 is 0 Å². The van der Waals surface area contributed by atoms with Gasteiger partial charge in [-0.05, 0) is 32.2 Å². The molecule has 1 aliphatic rings. The summed E-state index contributed by atoms with van der Waals surface area (Å²) in [5.74, 6) is 0.675. The Kier molecular flexibility index (Phi) is 8.06. The number of nitrogens with two attached hydrogens (primary N) is 1. The Morgan fingerprint density at radius 1 is 1.06 bits per heavy atom. The van der Waals surface area contributed by atoms with Gasteiger partial charge in [0.1, 0.15) is 0 Å². The molecule has 3 nitrogen and oxygen atoms in total. The molecule has 1 saturated carbocycles. The highest BCUT2D eigenvalue weighted by molar-refractivity contribution is 5.78. The molecule has 106 valence electrons. The Morgan fingerprint density at radius 3 is 2.28 bits per heavy atom. The monoisotopic (exact) mass is 254 g/mol. The first-order chi connectivity index (χ1) is 8.75. The second-order valence-corrected chi connectivity index (χ2v) is 5.65. The summed E-state index contributed by atoms with van der Waals surface area (Å²) in [6, 6.07) is 0. The van der Waals surface area contributed by atoms with Crippen LogP contribution >= 0.6 is 0 Å². The highest BCUT2D eigenvalue weighted by Crippen LogP contribution is 2.23. The van der Waals surface area contributed by atoms with Crippen LogP contribution in [-0.2, 0) is 4.79 Å². The fraction of sp³-hybridized carbons (Fsp3) is 0.933. The lowest BCUT2D eigenvalue weighted by Crippen LogP contribution is -2.34. The summed E-state index contributed by atoms with van der Waals surface area (Å²) in [7, 11) is 1.96. The third-order valence-electron chi connectivity index (χ3n) is 4.03. The van der Waals surface area contributed by atoms with Crippen molar-refractivity contribution >= 4 is 5.91 Å². The lowest BCUT2D eigenvalue weighted by Gasteiger charge is -2.25. The highest BCUT2D eigenvalue weighted by Gasteiger charge is 2.21. The number of carbonyl (C=O) groups excluding carboxylic acids is 1. The van der Waals surface area contributed by atoms with E-state index in [1.165, 1.54) is 32.1 Å². The predicted octanol–water partition coefficient (Wildman–Crippen LogP) is 2.93. The van der Waals surface area contributed by atoms with Crippen molar-refractivity contribution in [3.05, 3.63) is 0 Å². The van der Waals surface area contributed by atoms with Gasteiger partial charge in [0.05, 0.1) is 0 Å². The van der Waals surface area contributed by atoms with Crippen LogP contribution in [0, 0.1) is 5.92 Å². The molecule has 0 aliphatic heterocycles. The normalized spacial score (nSPS) is 18.1. The maximum Gasteiger partial charge on any atom is 0.225 e. The fourth-order valence-electron chi connectivity index (χ4n) is 2.80. The molecule has 0 spiro atoms. The zero-order chi connectivity index (χ0) is 13.2. The third-order valence-corrected chi connectivity index (χ3v) is 4.03. The number of unbranched alkanes of at least 4 members (excludes halogenated alkanes) is 2. The summed E-state index contributed by atoms with van der Waals surface area (Å²) in [6.07, 6.45) is 12.0. The van der Waals surface area contributed by atoms with Gasteiger partial charge in [0.25, 0.3) is 0 Å². The van der Waals surface area contributed by atoms with Crippen molar-refractivity contribution in [3.63, 3.8) is 0 Å². The van der Waals surface area contributed by atoms with Crippen molar-refractivity contribution in [3.8, 4) is 0 Å². The van der Waals surface area contributed by atoms with Crippen LogP contribution in [0.15, 0.2) is 0 Å². The van der Waals surface area contributed by atoms with Crippen LogP contribution < -0.4 is 5.73 Å². The van der Waals surface area contributed by atoms with Gasteiger partial charge in [-0.1, -0.05) is 38.5 Å². The van der Waals surface area contributed by atoms with E-state index in [9.17, 15) is 4.79 Å². The van der Waals surface area contributed by atoms with E-state index in [4.69, 9.17) is 5.73 Å². The molecule has 0 bridgehead atoms. The van der Waals surface area contributed by atoms with Crippen LogP contribution in [-0.4, -0.2) is 30.9 Å². The molecule has 2 N–H and O–H groups in total. The van der Waals surface area contributed by atoms with Crippen molar-refractivity contribution in [2.75, 3.05) is 20.1 Å². The fourth-order valence-corrected chi connectivity index (χ4v) is 2.80. The maximum absolute atomic E-state index is 12.3. The van der Waals surface area contributed by atoms with Crippen molar-refractivity contribution < 1.29 is 4.79 Å². The lowest BCUT2D eigenvalue weighted by atomic mass is 9.90. The molecule has 1 rings (SSSR count). The average Bonchev–Trinajstić information content (AvgIpc) is 2.33. The summed E-state index contributed by atoms with van der Waals surface area (Å²) >= 11 is 0. The van der Waals surface area contributed by atoms with E-state index in [0.29, 0.717) is 11.8 Å². The topological polar surface area (TPSA) is 46.3 Å². The minimum Gasteiger partial charge on any atom is -0.346 e. The van der Waals surface area contributed by atoms with E-state index in [2.05, 4.69) is 0 Å². The summed E-state index contributed by atoms with van der Waals surface area (Å²) in [5, 5.41) is 0. The van der Waals surface area contributed by atoms with Gasteiger partial charge in [-0.2, -0.15) is 0 Å². The van der Waals surface area contributed by atoms with Crippen molar-refractivity contribution in [1.29, 1.82) is 0 Å². The first-order valence-corrected chi connectivity index (χ1v) is 7.70. The van der Waals surface area contributed by atoms with Gasteiger partial charge < -0.3 is 10.6 Å². The lowest BCUT2D eigenvalue weighted by molar-refractivity contribution is -0.134. The molecule has 0 heterocycles. The highest BCUT2D eigenvalue weighted by atomic mass is 16.2. The largest absolute Gasteiger partial charge is 0.346 e. The second kappa shape index (κ2) is 9.37. The molecular weight excluding hydrogens is 224 g/mol. The average molecular weight is 254 g/mol. The first-order valence-electron chi connectivity index (χ1n) is 7.70. The molecule has 0 aromatic carbocycles. The van der Waals surface area contributed by atoms with Gasteiger partial charge in [0.2, 0.25) is 5.91 Å². The molecule has 1 amide bonds. The van der Waals surface area contributed by atoms with Crippen molar-refractivity contribution in [1.82, 2.24) is 4.90 Å². The van der Waals surface area contributed by atoms with Crippen molar-refractivity contribution in [2.45, 2.75) is 64.2 Å². The van der Waals surface area contributed by atoms with Gasteiger partial charge in [0, 0.05) is 19.5 Å². The third kappa shape index (κ3) is 5.85. The number of nitrogens with zero attached hydrogens (tertiary/aromatic N) is 1.